The van der Waals surface area contributed by atoms with Crippen LogP contribution in [0.3, 0.4) is 0 Å². The average Bonchev–Trinajstić information content (AvgIpc) is 2.40. The van der Waals surface area contributed by atoms with Crippen LogP contribution >= 0.6 is 0 Å². The molecule has 0 heterocycles. The molecule has 2 heteroatoms. The fourth-order valence-electron chi connectivity index (χ4n) is 3.32. The summed E-state index contributed by atoms with van der Waals surface area (Å²) in [5.74, 6) is 0.892. The van der Waals surface area contributed by atoms with Crippen LogP contribution in [-0.2, 0) is 0 Å². The van der Waals surface area contributed by atoms with Crippen molar-refractivity contribution < 1.29 is 0 Å². The molecule has 0 saturated heterocycles. The van der Waals surface area contributed by atoms with Gasteiger partial charge in [0, 0.05) is 19.1 Å². The maximum atomic E-state index is 6.36. The number of benzene rings is 1. The Morgan fingerprint density at radius 1 is 1.21 bits per heavy atom. The van der Waals surface area contributed by atoms with Crippen LogP contribution < -0.4 is 5.73 Å². The molecule has 0 radical (unpaired) electrons. The predicted octanol–water partition coefficient (Wildman–Crippen LogP) is 3.51. The summed E-state index contributed by atoms with van der Waals surface area (Å²) in [7, 11) is 2.22. The molecule has 1 saturated carbocycles. The molecule has 1 atom stereocenters. The molecular weight excluding hydrogens is 232 g/mol. The van der Waals surface area contributed by atoms with Gasteiger partial charge in [0.25, 0.3) is 0 Å². The number of aryl methyl sites for hydroxylation is 1. The van der Waals surface area contributed by atoms with E-state index < -0.39 is 0 Å². The summed E-state index contributed by atoms with van der Waals surface area (Å²) in [4.78, 5) is 2.42. The SMILES string of the molecule is Cc1ccccc1C(N)CN(C)CC1CCCCC1. The first-order chi connectivity index (χ1) is 9.16. The Morgan fingerprint density at radius 2 is 1.89 bits per heavy atom. The van der Waals surface area contributed by atoms with Crippen LogP contribution in [0.5, 0.6) is 0 Å². The van der Waals surface area contributed by atoms with Crippen LogP contribution in [0, 0.1) is 12.8 Å². The van der Waals surface area contributed by atoms with Gasteiger partial charge in [0.1, 0.15) is 0 Å². The minimum Gasteiger partial charge on any atom is -0.323 e. The van der Waals surface area contributed by atoms with Crippen LogP contribution in [0.1, 0.15) is 49.3 Å². The smallest absolute Gasteiger partial charge is 0.0426 e. The number of likely N-dealkylation sites (N-methyl/N-ethyl adjacent to an activating group) is 1. The van der Waals surface area contributed by atoms with Crippen molar-refractivity contribution in [2.24, 2.45) is 11.7 Å². The summed E-state index contributed by atoms with van der Waals surface area (Å²) in [6.07, 6.45) is 7.08. The van der Waals surface area contributed by atoms with Crippen molar-refractivity contribution in [2.45, 2.75) is 45.1 Å². The second-order valence-electron chi connectivity index (χ2n) is 6.19. The second-order valence-corrected chi connectivity index (χ2v) is 6.19. The average molecular weight is 260 g/mol. The van der Waals surface area contributed by atoms with Crippen molar-refractivity contribution in [3.8, 4) is 0 Å². The molecule has 0 aromatic heterocycles. The highest BCUT2D eigenvalue weighted by molar-refractivity contribution is 5.28. The van der Waals surface area contributed by atoms with Crippen LogP contribution in [0.2, 0.25) is 0 Å². The molecule has 1 aromatic rings. The largest absolute Gasteiger partial charge is 0.323 e. The van der Waals surface area contributed by atoms with Gasteiger partial charge in [-0.3, -0.25) is 0 Å². The maximum Gasteiger partial charge on any atom is 0.0426 e. The lowest BCUT2D eigenvalue weighted by molar-refractivity contribution is 0.224. The Morgan fingerprint density at radius 3 is 2.58 bits per heavy atom. The monoisotopic (exact) mass is 260 g/mol. The minimum atomic E-state index is 0.134. The molecule has 2 nitrogen and oxygen atoms in total. The lowest BCUT2D eigenvalue weighted by Gasteiger charge is -2.29. The Hall–Kier alpha value is -0.860. The first kappa shape index (κ1) is 14.5. The Balaban J connectivity index is 1.84. The standard InChI is InChI=1S/C17H28N2/c1-14-8-6-7-11-16(14)17(18)13-19(2)12-15-9-4-3-5-10-15/h6-8,11,15,17H,3-5,9-10,12-13,18H2,1-2H3. The summed E-state index contributed by atoms with van der Waals surface area (Å²) in [5, 5.41) is 0. The van der Waals surface area contributed by atoms with Gasteiger partial charge in [0.15, 0.2) is 0 Å². The third kappa shape index (κ3) is 4.32. The van der Waals surface area contributed by atoms with Crippen molar-refractivity contribution in [1.82, 2.24) is 4.90 Å². The molecule has 1 aromatic carbocycles. The summed E-state index contributed by atoms with van der Waals surface area (Å²) < 4.78 is 0. The van der Waals surface area contributed by atoms with E-state index in [2.05, 4.69) is 43.1 Å². The number of hydrogen-bond donors (Lipinski definition) is 1. The Bertz CT molecular complexity index is 383. The van der Waals surface area contributed by atoms with Gasteiger partial charge < -0.3 is 10.6 Å². The van der Waals surface area contributed by atoms with E-state index in [0.29, 0.717) is 0 Å². The number of hydrogen-bond acceptors (Lipinski definition) is 2. The van der Waals surface area contributed by atoms with E-state index in [9.17, 15) is 0 Å². The van der Waals surface area contributed by atoms with E-state index in [4.69, 9.17) is 5.73 Å². The summed E-state index contributed by atoms with van der Waals surface area (Å²) in [6, 6.07) is 8.61. The van der Waals surface area contributed by atoms with Crippen molar-refractivity contribution >= 4 is 0 Å². The third-order valence-electron chi connectivity index (χ3n) is 4.39. The molecule has 1 fully saturated rings. The normalized spacial score (nSPS) is 18.7. The Labute approximate surface area is 118 Å². The third-order valence-corrected chi connectivity index (χ3v) is 4.39. The molecule has 0 amide bonds. The summed E-state index contributed by atoms with van der Waals surface area (Å²) in [5.41, 5.74) is 8.96. The van der Waals surface area contributed by atoms with Gasteiger partial charge in [0.2, 0.25) is 0 Å². The van der Waals surface area contributed by atoms with Crippen molar-refractivity contribution in [2.75, 3.05) is 20.1 Å². The van der Waals surface area contributed by atoms with Gasteiger partial charge in [-0.2, -0.15) is 0 Å². The minimum absolute atomic E-state index is 0.134. The molecule has 0 bridgehead atoms. The highest BCUT2D eigenvalue weighted by atomic mass is 15.1. The fourth-order valence-corrected chi connectivity index (χ4v) is 3.32. The molecule has 2 N–H and O–H groups in total. The zero-order valence-electron chi connectivity index (χ0n) is 12.4. The first-order valence-electron chi connectivity index (χ1n) is 7.66. The number of nitrogens with zero attached hydrogens (tertiary/aromatic N) is 1. The first-order valence-corrected chi connectivity index (χ1v) is 7.66. The van der Waals surface area contributed by atoms with E-state index in [1.807, 2.05) is 0 Å². The predicted molar refractivity (Wildman–Crippen MR) is 82.2 cm³/mol. The highest BCUT2D eigenvalue weighted by Gasteiger charge is 2.17. The molecule has 0 spiro atoms. The van der Waals surface area contributed by atoms with Gasteiger partial charge in [-0.05, 0) is 43.9 Å². The second kappa shape index (κ2) is 7.06. The molecule has 1 unspecified atom stereocenters. The van der Waals surface area contributed by atoms with Gasteiger partial charge >= 0.3 is 0 Å². The summed E-state index contributed by atoms with van der Waals surface area (Å²) in [6.45, 7) is 4.32. The van der Waals surface area contributed by atoms with E-state index in [-0.39, 0.29) is 6.04 Å². The van der Waals surface area contributed by atoms with Gasteiger partial charge in [-0.25, -0.2) is 0 Å². The fraction of sp³-hybridized carbons (Fsp3) is 0.647. The van der Waals surface area contributed by atoms with E-state index in [1.54, 1.807) is 0 Å². The van der Waals surface area contributed by atoms with Crippen LogP contribution in [-0.4, -0.2) is 25.0 Å². The Kier molecular flexibility index (Phi) is 5.41. The topological polar surface area (TPSA) is 29.3 Å². The van der Waals surface area contributed by atoms with E-state index >= 15 is 0 Å². The summed E-state index contributed by atoms with van der Waals surface area (Å²) >= 11 is 0. The van der Waals surface area contributed by atoms with Crippen LogP contribution in [0.25, 0.3) is 0 Å². The molecule has 1 aliphatic rings. The van der Waals surface area contributed by atoms with Crippen molar-refractivity contribution in [3.05, 3.63) is 35.4 Å². The zero-order valence-corrected chi connectivity index (χ0v) is 12.4. The van der Waals surface area contributed by atoms with Gasteiger partial charge in [-0.1, -0.05) is 43.5 Å². The van der Waals surface area contributed by atoms with E-state index in [1.165, 1.54) is 49.8 Å². The van der Waals surface area contributed by atoms with Crippen LogP contribution in [0.15, 0.2) is 24.3 Å². The van der Waals surface area contributed by atoms with Crippen LogP contribution in [0.4, 0.5) is 0 Å². The zero-order chi connectivity index (χ0) is 13.7. The lowest BCUT2D eigenvalue weighted by Crippen LogP contribution is -2.33. The van der Waals surface area contributed by atoms with E-state index in [0.717, 1.165) is 12.5 Å². The maximum absolute atomic E-state index is 6.36. The molecule has 2 rings (SSSR count). The molecule has 106 valence electrons. The van der Waals surface area contributed by atoms with Crippen molar-refractivity contribution in [1.29, 1.82) is 0 Å². The van der Waals surface area contributed by atoms with Gasteiger partial charge in [0.05, 0.1) is 0 Å². The molecule has 1 aliphatic carbocycles. The lowest BCUT2D eigenvalue weighted by atomic mass is 9.89. The van der Waals surface area contributed by atoms with Crippen molar-refractivity contribution in [3.63, 3.8) is 0 Å². The quantitative estimate of drug-likeness (QED) is 0.878. The van der Waals surface area contributed by atoms with Gasteiger partial charge in [-0.15, -0.1) is 0 Å². The number of nitrogens with two attached hydrogens (primary N) is 1. The highest BCUT2D eigenvalue weighted by Crippen LogP contribution is 2.24. The molecule has 0 aliphatic heterocycles. The molecule has 19 heavy (non-hydrogen) atoms. The molecular formula is C17H28N2. The number of rotatable bonds is 5.